The monoisotopic (exact) mass is 284 g/mol. The normalized spacial score (nSPS) is 20.2. The highest BCUT2D eigenvalue weighted by Crippen LogP contribution is 2.55. The Bertz CT molecular complexity index is 721. The Kier molecular flexibility index (Phi) is 2.92. The summed E-state index contributed by atoms with van der Waals surface area (Å²) in [7, 11) is 0. The Labute approximate surface area is 123 Å². The SMILES string of the molecule is C=CC(C)(C)C1(O)c2ccccc2Oc2cccc(F)c21. The lowest BCUT2D eigenvalue weighted by atomic mass is 9.66. The van der Waals surface area contributed by atoms with Crippen LogP contribution in [0.25, 0.3) is 0 Å². The molecule has 1 atom stereocenters. The maximum Gasteiger partial charge on any atom is 0.136 e. The van der Waals surface area contributed by atoms with Crippen molar-refractivity contribution in [1.82, 2.24) is 0 Å². The third kappa shape index (κ3) is 1.74. The average molecular weight is 284 g/mol. The van der Waals surface area contributed by atoms with E-state index in [0.29, 0.717) is 17.1 Å². The summed E-state index contributed by atoms with van der Waals surface area (Å²) in [5.74, 6) is 0.388. The summed E-state index contributed by atoms with van der Waals surface area (Å²) in [6.07, 6.45) is 1.64. The van der Waals surface area contributed by atoms with Crippen LogP contribution < -0.4 is 4.74 Å². The van der Waals surface area contributed by atoms with Crippen molar-refractivity contribution in [3.8, 4) is 11.5 Å². The molecular weight excluding hydrogens is 267 g/mol. The maximum absolute atomic E-state index is 14.5. The van der Waals surface area contributed by atoms with E-state index in [-0.39, 0.29) is 5.56 Å². The molecule has 1 unspecified atom stereocenters. The number of fused-ring (bicyclic) bond motifs is 2. The Hall–Kier alpha value is -2.13. The van der Waals surface area contributed by atoms with Crippen LogP contribution in [0.3, 0.4) is 0 Å². The molecule has 1 N–H and O–H groups in total. The van der Waals surface area contributed by atoms with Gasteiger partial charge in [-0.1, -0.05) is 44.2 Å². The van der Waals surface area contributed by atoms with Gasteiger partial charge >= 0.3 is 0 Å². The molecule has 0 spiro atoms. The largest absolute Gasteiger partial charge is 0.456 e. The van der Waals surface area contributed by atoms with Gasteiger partial charge in [-0.3, -0.25) is 0 Å². The zero-order valence-electron chi connectivity index (χ0n) is 12.1. The molecule has 2 aromatic rings. The quantitative estimate of drug-likeness (QED) is 0.829. The zero-order chi connectivity index (χ0) is 15.3. The highest BCUT2D eigenvalue weighted by Gasteiger charge is 2.51. The number of halogens is 1. The molecule has 21 heavy (non-hydrogen) atoms. The Morgan fingerprint density at radius 2 is 1.81 bits per heavy atom. The van der Waals surface area contributed by atoms with E-state index in [4.69, 9.17) is 4.74 Å². The minimum atomic E-state index is -1.54. The number of hydrogen-bond donors (Lipinski definition) is 1. The maximum atomic E-state index is 14.5. The molecule has 0 saturated carbocycles. The van der Waals surface area contributed by atoms with E-state index in [9.17, 15) is 9.50 Å². The minimum Gasteiger partial charge on any atom is -0.456 e. The molecule has 0 saturated heterocycles. The van der Waals surface area contributed by atoms with Crippen LogP contribution in [-0.2, 0) is 5.60 Å². The van der Waals surface area contributed by atoms with Crippen molar-refractivity contribution in [2.75, 3.05) is 0 Å². The van der Waals surface area contributed by atoms with E-state index in [1.165, 1.54) is 6.07 Å². The molecular formula is C18H17FO2. The van der Waals surface area contributed by atoms with Crippen LogP contribution in [0.15, 0.2) is 55.1 Å². The van der Waals surface area contributed by atoms with E-state index in [1.54, 1.807) is 36.4 Å². The first-order valence-corrected chi connectivity index (χ1v) is 6.84. The summed E-state index contributed by atoms with van der Waals surface area (Å²) in [5.41, 5.74) is -1.60. The lowest BCUT2D eigenvalue weighted by Crippen LogP contribution is -2.44. The molecule has 108 valence electrons. The molecule has 2 nitrogen and oxygen atoms in total. The van der Waals surface area contributed by atoms with Crippen LogP contribution in [-0.4, -0.2) is 5.11 Å². The molecule has 0 aliphatic carbocycles. The second kappa shape index (κ2) is 4.43. The van der Waals surface area contributed by atoms with Gasteiger partial charge in [0.2, 0.25) is 0 Å². The van der Waals surface area contributed by atoms with Gasteiger partial charge in [0, 0.05) is 11.0 Å². The smallest absolute Gasteiger partial charge is 0.136 e. The van der Waals surface area contributed by atoms with Crippen LogP contribution in [0, 0.1) is 11.2 Å². The lowest BCUT2D eigenvalue weighted by molar-refractivity contribution is -0.0198. The summed E-state index contributed by atoms with van der Waals surface area (Å²) >= 11 is 0. The van der Waals surface area contributed by atoms with Crippen LogP contribution in [0.5, 0.6) is 11.5 Å². The summed E-state index contributed by atoms with van der Waals surface area (Å²) in [5, 5.41) is 11.5. The second-order valence-corrected chi connectivity index (χ2v) is 5.85. The Balaban J connectivity index is 2.41. The Morgan fingerprint density at radius 3 is 2.52 bits per heavy atom. The van der Waals surface area contributed by atoms with Crippen molar-refractivity contribution in [1.29, 1.82) is 0 Å². The fourth-order valence-electron chi connectivity index (χ4n) is 2.87. The zero-order valence-corrected chi connectivity index (χ0v) is 12.1. The van der Waals surface area contributed by atoms with E-state index < -0.39 is 16.8 Å². The number of ether oxygens (including phenoxy) is 1. The van der Waals surface area contributed by atoms with Crippen molar-refractivity contribution in [2.45, 2.75) is 19.4 Å². The molecule has 0 radical (unpaired) electrons. The molecule has 1 heterocycles. The highest BCUT2D eigenvalue weighted by molar-refractivity contribution is 5.57. The van der Waals surface area contributed by atoms with Gasteiger partial charge in [0.05, 0.1) is 5.56 Å². The first-order chi connectivity index (χ1) is 9.91. The summed E-state index contributed by atoms with van der Waals surface area (Å²) < 4.78 is 20.2. The Morgan fingerprint density at radius 1 is 1.14 bits per heavy atom. The molecule has 2 aromatic carbocycles. The van der Waals surface area contributed by atoms with Crippen LogP contribution in [0.1, 0.15) is 25.0 Å². The number of aliphatic hydroxyl groups is 1. The standard InChI is InChI=1S/C18H17FO2/c1-4-17(2,3)18(20)12-8-5-6-10-14(12)21-15-11-7-9-13(19)16(15)18/h4-11,20H,1H2,2-3H3. The van der Waals surface area contributed by atoms with Crippen molar-refractivity contribution >= 4 is 0 Å². The fraction of sp³-hybridized carbons (Fsp3) is 0.222. The van der Waals surface area contributed by atoms with Crippen molar-refractivity contribution in [3.05, 3.63) is 72.1 Å². The first-order valence-electron chi connectivity index (χ1n) is 6.84. The molecule has 3 rings (SSSR count). The fourth-order valence-corrected chi connectivity index (χ4v) is 2.87. The summed E-state index contributed by atoms with van der Waals surface area (Å²) in [6, 6.07) is 11.7. The van der Waals surface area contributed by atoms with E-state index in [1.807, 2.05) is 19.9 Å². The lowest BCUT2D eigenvalue weighted by Gasteiger charge is -2.45. The molecule has 1 aliphatic rings. The predicted octanol–water partition coefficient (Wildman–Crippen LogP) is 4.38. The van der Waals surface area contributed by atoms with Crippen molar-refractivity contribution in [2.24, 2.45) is 5.41 Å². The van der Waals surface area contributed by atoms with Gasteiger partial charge in [-0.2, -0.15) is 0 Å². The van der Waals surface area contributed by atoms with Gasteiger partial charge < -0.3 is 9.84 Å². The number of para-hydroxylation sites is 1. The number of rotatable bonds is 2. The van der Waals surface area contributed by atoms with Crippen LogP contribution >= 0.6 is 0 Å². The molecule has 1 aliphatic heterocycles. The van der Waals surface area contributed by atoms with Crippen molar-refractivity contribution < 1.29 is 14.2 Å². The van der Waals surface area contributed by atoms with Crippen LogP contribution in [0.2, 0.25) is 0 Å². The molecule has 0 bridgehead atoms. The van der Waals surface area contributed by atoms with E-state index in [2.05, 4.69) is 6.58 Å². The first kappa shape index (κ1) is 13.8. The van der Waals surface area contributed by atoms with E-state index >= 15 is 0 Å². The van der Waals surface area contributed by atoms with Gasteiger partial charge in [-0.15, -0.1) is 6.58 Å². The second-order valence-electron chi connectivity index (χ2n) is 5.85. The van der Waals surface area contributed by atoms with E-state index in [0.717, 1.165) is 0 Å². The highest BCUT2D eigenvalue weighted by atomic mass is 19.1. The minimum absolute atomic E-state index is 0.161. The van der Waals surface area contributed by atoms with Gasteiger partial charge in [-0.25, -0.2) is 4.39 Å². The number of hydrogen-bond acceptors (Lipinski definition) is 2. The van der Waals surface area contributed by atoms with Gasteiger partial charge in [0.25, 0.3) is 0 Å². The molecule has 0 amide bonds. The van der Waals surface area contributed by atoms with Gasteiger partial charge in [0.1, 0.15) is 22.9 Å². The van der Waals surface area contributed by atoms with Gasteiger partial charge in [-0.05, 0) is 18.2 Å². The molecule has 0 fully saturated rings. The average Bonchev–Trinajstić information content (AvgIpc) is 2.47. The third-order valence-electron chi connectivity index (χ3n) is 4.28. The van der Waals surface area contributed by atoms with Gasteiger partial charge in [0.15, 0.2) is 0 Å². The topological polar surface area (TPSA) is 29.5 Å². The number of benzene rings is 2. The van der Waals surface area contributed by atoms with Crippen LogP contribution in [0.4, 0.5) is 4.39 Å². The third-order valence-corrected chi connectivity index (χ3v) is 4.28. The summed E-state index contributed by atoms with van der Waals surface area (Å²) in [4.78, 5) is 0. The molecule has 0 aromatic heterocycles. The summed E-state index contributed by atoms with van der Waals surface area (Å²) in [6.45, 7) is 7.47. The van der Waals surface area contributed by atoms with Crippen molar-refractivity contribution in [3.63, 3.8) is 0 Å². The predicted molar refractivity (Wildman–Crippen MR) is 79.9 cm³/mol. The molecule has 3 heteroatoms.